The maximum atomic E-state index is 12.5. The van der Waals surface area contributed by atoms with Crippen LogP contribution in [-0.4, -0.2) is 26.5 Å². The molecule has 27 heavy (non-hydrogen) atoms. The Morgan fingerprint density at radius 2 is 2.04 bits per heavy atom. The zero-order valence-corrected chi connectivity index (χ0v) is 14.8. The van der Waals surface area contributed by atoms with Crippen LogP contribution in [-0.2, 0) is 6.54 Å². The molecule has 0 amide bonds. The second-order valence-electron chi connectivity index (χ2n) is 5.88. The van der Waals surface area contributed by atoms with E-state index < -0.39 is 6.61 Å². The molecule has 9 heteroatoms. The van der Waals surface area contributed by atoms with E-state index in [4.69, 9.17) is 16.1 Å². The molecule has 0 spiro atoms. The zero-order valence-electron chi connectivity index (χ0n) is 14.1. The van der Waals surface area contributed by atoms with E-state index in [2.05, 4.69) is 20.0 Å². The van der Waals surface area contributed by atoms with Crippen LogP contribution >= 0.6 is 11.6 Å². The third-order valence-electron chi connectivity index (χ3n) is 3.96. The summed E-state index contributed by atoms with van der Waals surface area (Å²) in [4.78, 5) is 4.39. The molecule has 3 aromatic heterocycles. The fraction of sp³-hybridized carbons (Fsp3) is 0.167. The minimum Gasteiger partial charge on any atom is -0.433 e. The van der Waals surface area contributed by atoms with Gasteiger partial charge in [0, 0.05) is 17.8 Å². The molecule has 1 aromatic carbocycles. The molecule has 0 aliphatic carbocycles. The number of hydrogen-bond donors (Lipinski definition) is 0. The summed E-state index contributed by atoms with van der Waals surface area (Å²) in [7, 11) is 0. The number of alkyl halides is 2. The molecule has 0 fully saturated rings. The minimum atomic E-state index is -2.95. The van der Waals surface area contributed by atoms with E-state index in [-0.39, 0.29) is 10.8 Å². The lowest BCUT2D eigenvalue weighted by molar-refractivity contribution is -0.0497. The van der Waals surface area contributed by atoms with Gasteiger partial charge in [0.1, 0.15) is 22.7 Å². The van der Waals surface area contributed by atoms with Crippen molar-refractivity contribution in [1.82, 2.24) is 19.9 Å². The number of nitrogens with zero attached hydrogens (tertiary/aromatic N) is 4. The topological polar surface area (TPSA) is 66.0 Å². The van der Waals surface area contributed by atoms with Crippen LogP contribution in [0.3, 0.4) is 0 Å². The van der Waals surface area contributed by atoms with Gasteiger partial charge in [0.25, 0.3) is 0 Å². The maximum Gasteiger partial charge on any atom is 0.387 e. The molecule has 0 bridgehead atoms. The van der Waals surface area contributed by atoms with Crippen molar-refractivity contribution in [3.63, 3.8) is 0 Å². The number of rotatable bonds is 5. The van der Waals surface area contributed by atoms with Gasteiger partial charge in [-0.2, -0.15) is 13.9 Å². The first-order valence-corrected chi connectivity index (χ1v) is 8.36. The van der Waals surface area contributed by atoms with E-state index in [0.717, 1.165) is 16.8 Å². The molecule has 6 nitrogen and oxygen atoms in total. The van der Waals surface area contributed by atoms with Gasteiger partial charge in [-0.15, -0.1) is 0 Å². The van der Waals surface area contributed by atoms with Crippen molar-refractivity contribution in [2.75, 3.05) is 0 Å². The molecule has 4 aromatic rings. The van der Waals surface area contributed by atoms with Crippen LogP contribution in [0.4, 0.5) is 8.78 Å². The van der Waals surface area contributed by atoms with Gasteiger partial charge in [-0.05, 0) is 30.7 Å². The summed E-state index contributed by atoms with van der Waals surface area (Å²) >= 11 is 5.92. The summed E-state index contributed by atoms with van der Waals surface area (Å²) in [6.45, 7) is -0.714. The first-order chi connectivity index (χ1) is 13.0. The highest BCUT2D eigenvalue weighted by Gasteiger charge is 2.13. The van der Waals surface area contributed by atoms with E-state index in [1.165, 1.54) is 12.1 Å². The molecule has 0 saturated carbocycles. The Hall–Kier alpha value is -3.00. The van der Waals surface area contributed by atoms with Crippen LogP contribution in [0.15, 0.2) is 47.2 Å². The fourth-order valence-corrected chi connectivity index (χ4v) is 2.92. The molecule has 0 aliphatic heterocycles. The van der Waals surface area contributed by atoms with Crippen molar-refractivity contribution in [2.45, 2.75) is 20.1 Å². The van der Waals surface area contributed by atoms with E-state index >= 15 is 0 Å². The predicted molar refractivity (Wildman–Crippen MR) is 94.9 cm³/mol. The fourth-order valence-electron chi connectivity index (χ4n) is 2.76. The van der Waals surface area contributed by atoms with Crippen molar-refractivity contribution in [3.05, 3.63) is 59.2 Å². The third kappa shape index (κ3) is 3.61. The van der Waals surface area contributed by atoms with Crippen molar-refractivity contribution < 1.29 is 18.0 Å². The standard InChI is InChI=1S/C18H13ClF2N4O2/c1-10-4-13(24-27-10)9-25-16-5-12(7-22-15(16)8-23-25)11-2-3-14(19)17(6-11)26-18(20)21/h2-8,18H,9H2,1H3. The average molecular weight is 391 g/mol. The van der Waals surface area contributed by atoms with Gasteiger partial charge >= 0.3 is 6.61 Å². The van der Waals surface area contributed by atoms with E-state index in [0.29, 0.717) is 23.4 Å². The quantitative estimate of drug-likeness (QED) is 0.494. The highest BCUT2D eigenvalue weighted by Crippen LogP contribution is 2.32. The third-order valence-corrected chi connectivity index (χ3v) is 4.28. The van der Waals surface area contributed by atoms with Gasteiger partial charge in [-0.3, -0.25) is 9.67 Å². The molecule has 3 heterocycles. The largest absolute Gasteiger partial charge is 0.433 e. The second-order valence-corrected chi connectivity index (χ2v) is 6.29. The van der Waals surface area contributed by atoms with Crippen molar-refractivity contribution in [1.29, 1.82) is 0 Å². The van der Waals surface area contributed by atoms with Crippen LogP contribution in [0.1, 0.15) is 11.5 Å². The minimum absolute atomic E-state index is 0.0872. The molecule has 4 rings (SSSR count). The normalized spacial score (nSPS) is 11.4. The lowest BCUT2D eigenvalue weighted by Gasteiger charge is -2.09. The van der Waals surface area contributed by atoms with Crippen molar-refractivity contribution >= 4 is 22.6 Å². The Balaban J connectivity index is 1.72. The summed E-state index contributed by atoms with van der Waals surface area (Å²) < 4.78 is 36.4. The highest BCUT2D eigenvalue weighted by atomic mass is 35.5. The van der Waals surface area contributed by atoms with Crippen molar-refractivity contribution in [2.24, 2.45) is 0 Å². The number of fused-ring (bicyclic) bond motifs is 1. The zero-order chi connectivity index (χ0) is 19.0. The van der Waals surface area contributed by atoms with Crippen LogP contribution < -0.4 is 4.74 Å². The Morgan fingerprint density at radius 1 is 1.19 bits per heavy atom. The number of aromatic nitrogens is 4. The van der Waals surface area contributed by atoms with Crippen LogP contribution in [0.5, 0.6) is 5.75 Å². The SMILES string of the molecule is Cc1cc(Cn2ncc3ncc(-c4ccc(Cl)c(OC(F)F)c4)cc32)no1. The summed E-state index contributed by atoms with van der Waals surface area (Å²) in [5.74, 6) is 0.629. The van der Waals surface area contributed by atoms with E-state index in [1.807, 2.05) is 19.1 Å². The Labute approximate surface area is 157 Å². The first-order valence-electron chi connectivity index (χ1n) is 7.98. The summed E-state index contributed by atoms with van der Waals surface area (Å²) in [5, 5.41) is 8.41. The van der Waals surface area contributed by atoms with Crippen LogP contribution in [0, 0.1) is 6.92 Å². The van der Waals surface area contributed by atoms with Gasteiger partial charge in [0.15, 0.2) is 0 Å². The molecular weight excluding hydrogens is 378 g/mol. The number of halogens is 3. The number of pyridine rings is 1. The number of benzene rings is 1. The second kappa shape index (κ2) is 6.96. The summed E-state index contributed by atoms with van der Waals surface area (Å²) in [6, 6.07) is 8.38. The van der Waals surface area contributed by atoms with Gasteiger partial charge in [-0.1, -0.05) is 22.8 Å². The van der Waals surface area contributed by atoms with Gasteiger partial charge in [0.2, 0.25) is 0 Å². The summed E-state index contributed by atoms with van der Waals surface area (Å²) in [5.41, 5.74) is 3.59. The smallest absolute Gasteiger partial charge is 0.387 e. The van der Waals surface area contributed by atoms with Crippen LogP contribution in [0.2, 0.25) is 5.02 Å². The molecular formula is C18H13ClF2N4O2. The average Bonchev–Trinajstić information content (AvgIpc) is 3.23. The van der Waals surface area contributed by atoms with E-state index in [1.54, 1.807) is 23.1 Å². The van der Waals surface area contributed by atoms with Gasteiger partial charge in [-0.25, -0.2) is 0 Å². The number of ether oxygens (including phenoxy) is 1. The maximum absolute atomic E-state index is 12.5. The molecule has 0 atom stereocenters. The van der Waals surface area contributed by atoms with Crippen molar-refractivity contribution in [3.8, 4) is 16.9 Å². The molecule has 0 unspecified atom stereocenters. The Kier molecular flexibility index (Phi) is 4.49. The van der Waals surface area contributed by atoms with Gasteiger partial charge in [0.05, 0.1) is 23.3 Å². The monoisotopic (exact) mass is 390 g/mol. The lowest BCUT2D eigenvalue weighted by Crippen LogP contribution is -2.02. The molecule has 138 valence electrons. The Bertz CT molecular complexity index is 1110. The molecule has 0 N–H and O–H groups in total. The molecule has 0 saturated heterocycles. The van der Waals surface area contributed by atoms with Gasteiger partial charge < -0.3 is 9.26 Å². The lowest BCUT2D eigenvalue weighted by atomic mass is 10.1. The summed E-state index contributed by atoms with van der Waals surface area (Å²) in [6.07, 6.45) is 3.29. The first kappa shape index (κ1) is 17.4. The predicted octanol–water partition coefficient (Wildman–Crippen LogP) is 4.70. The van der Waals surface area contributed by atoms with Crippen LogP contribution in [0.25, 0.3) is 22.2 Å². The van der Waals surface area contributed by atoms with E-state index in [9.17, 15) is 8.78 Å². The highest BCUT2D eigenvalue weighted by molar-refractivity contribution is 6.32. The Morgan fingerprint density at radius 3 is 2.78 bits per heavy atom. The molecule has 0 radical (unpaired) electrons. The number of aryl methyl sites for hydroxylation is 1. The molecule has 0 aliphatic rings. The number of hydrogen-bond acceptors (Lipinski definition) is 5.